The molecule has 0 unspecified atom stereocenters. The average molecular weight is 565 g/mol. The minimum absolute atomic E-state index is 0.0667. The number of carbonyl (C=O) groups is 1. The average Bonchev–Trinajstić information content (AvgIpc) is 2.71. The molecule has 0 atom stereocenters. The lowest BCUT2D eigenvalue weighted by Gasteiger charge is -2.24. The Morgan fingerprint density at radius 3 is 2.31 bits per heavy atom. The van der Waals surface area contributed by atoms with Crippen molar-refractivity contribution in [3.63, 3.8) is 0 Å². The van der Waals surface area contributed by atoms with Crippen molar-refractivity contribution < 1.29 is 27.4 Å². The van der Waals surface area contributed by atoms with Gasteiger partial charge in [0.1, 0.15) is 0 Å². The van der Waals surface area contributed by atoms with Crippen LogP contribution < -0.4 is 19.7 Å². The smallest absolute Gasteiger partial charge is 0.416 e. The normalized spacial score (nSPS) is 11.4. The molecule has 0 radical (unpaired) electrons. The Labute approximate surface area is 199 Å². The zero-order valence-corrected chi connectivity index (χ0v) is 20.8. The minimum Gasteiger partial charge on any atom is -0.493 e. The zero-order chi connectivity index (χ0) is 24.1. The molecule has 2 aromatic carbocycles. The molecule has 2 aromatic rings. The van der Waals surface area contributed by atoms with Crippen LogP contribution in [-0.4, -0.2) is 59.3 Å². The van der Waals surface area contributed by atoms with E-state index >= 15 is 0 Å². The Hall–Kier alpha value is -2.21. The molecule has 0 aliphatic rings. The van der Waals surface area contributed by atoms with E-state index in [4.69, 9.17) is 9.47 Å². The third kappa shape index (κ3) is 6.64. The number of nitrogens with one attached hydrogen (secondary N) is 1. The number of amides is 1. The van der Waals surface area contributed by atoms with Crippen molar-refractivity contribution >= 4 is 39.9 Å². The molecule has 1 N–H and O–H groups in total. The summed E-state index contributed by atoms with van der Waals surface area (Å²) in [4.78, 5) is 16.9. The molecule has 10 heteroatoms. The third-order valence-electron chi connectivity index (χ3n) is 4.77. The van der Waals surface area contributed by atoms with Crippen LogP contribution in [0.5, 0.6) is 11.5 Å². The fourth-order valence-corrected chi connectivity index (χ4v) is 3.77. The van der Waals surface area contributed by atoms with Gasteiger partial charge in [0.05, 0.1) is 36.7 Å². The molecule has 6 nitrogen and oxygen atoms in total. The number of methoxy groups -OCH3 is 2. The lowest BCUT2D eigenvalue weighted by molar-refractivity contribution is -0.137. The van der Waals surface area contributed by atoms with Crippen LogP contribution in [0.1, 0.15) is 22.3 Å². The van der Waals surface area contributed by atoms with E-state index in [0.29, 0.717) is 18.0 Å². The fraction of sp³-hybridized carbons (Fsp3) is 0.409. The van der Waals surface area contributed by atoms with Gasteiger partial charge in [0.25, 0.3) is 5.91 Å². The third-order valence-corrected chi connectivity index (χ3v) is 5.39. The second-order valence-corrected chi connectivity index (χ2v) is 8.70. The maximum absolute atomic E-state index is 13.4. The second kappa shape index (κ2) is 11.1. The highest BCUT2D eigenvalue weighted by Crippen LogP contribution is 2.37. The van der Waals surface area contributed by atoms with Crippen LogP contribution in [0.25, 0.3) is 0 Å². The summed E-state index contributed by atoms with van der Waals surface area (Å²) >= 11 is 2.03. The monoisotopic (exact) mass is 565 g/mol. The van der Waals surface area contributed by atoms with E-state index in [9.17, 15) is 18.0 Å². The maximum atomic E-state index is 13.4. The summed E-state index contributed by atoms with van der Waals surface area (Å²) in [6, 6.07) is 6.63. The van der Waals surface area contributed by atoms with Gasteiger partial charge < -0.3 is 24.6 Å². The fourth-order valence-electron chi connectivity index (χ4n) is 3.18. The number of halogens is 4. The van der Waals surface area contributed by atoms with Crippen LogP contribution in [0.15, 0.2) is 30.3 Å². The SMILES string of the molecule is COc1cc(I)cc(C(=O)Nc2cc(C(F)(F)F)ccc2N(C)CCCN(C)C)c1OC. The Kier molecular flexibility index (Phi) is 9.02. The van der Waals surface area contributed by atoms with E-state index < -0.39 is 17.6 Å². The molecule has 0 bridgehead atoms. The summed E-state index contributed by atoms with van der Waals surface area (Å²) in [7, 11) is 8.53. The maximum Gasteiger partial charge on any atom is 0.416 e. The Balaban J connectivity index is 2.44. The molecule has 0 saturated carbocycles. The van der Waals surface area contributed by atoms with Gasteiger partial charge in [0.2, 0.25) is 0 Å². The molecule has 0 aliphatic heterocycles. The van der Waals surface area contributed by atoms with Crippen molar-refractivity contribution in [1.29, 1.82) is 0 Å². The molecule has 0 aliphatic carbocycles. The summed E-state index contributed by atoms with van der Waals surface area (Å²) in [6.45, 7) is 1.43. The van der Waals surface area contributed by atoms with Crippen molar-refractivity contribution in [2.45, 2.75) is 12.6 Å². The molecule has 0 aromatic heterocycles. The van der Waals surface area contributed by atoms with E-state index in [1.165, 1.54) is 20.3 Å². The van der Waals surface area contributed by atoms with Gasteiger partial charge in [-0.05, 0) is 80.0 Å². The first-order chi connectivity index (χ1) is 15.0. The molecular formula is C22H27F3IN3O3. The van der Waals surface area contributed by atoms with Gasteiger partial charge in [-0.1, -0.05) is 0 Å². The Morgan fingerprint density at radius 1 is 1.06 bits per heavy atom. The molecule has 0 spiro atoms. The van der Waals surface area contributed by atoms with E-state index in [1.807, 2.05) is 46.5 Å². The van der Waals surface area contributed by atoms with Crippen molar-refractivity contribution in [1.82, 2.24) is 4.90 Å². The number of ether oxygens (including phenoxy) is 2. The van der Waals surface area contributed by atoms with Crippen LogP contribution in [0.2, 0.25) is 0 Å². The molecular weight excluding hydrogens is 538 g/mol. The minimum atomic E-state index is -4.54. The van der Waals surface area contributed by atoms with Crippen LogP contribution in [-0.2, 0) is 6.18 Å². The van der Waals surface area contributed by atoms with Crippen molar-refractivity contribution in [2.24, 2.45) is 0 Å². The van der Waals surface area contributed by atoms with Crippen LogP contribution >= 0.6 is 22.6 Å². The molecule has 0 saturated heterocycles. The second-order valence-electron chi connectivity index (χ2n) is 7.45. The van der Waals surface area contributed by atoms with Crippen LogP contribution in [0, 0.1) is 3.57 Å². The first-order valence-corrected chi connectivity index (χ1v) is 10.9. The van der Waals surface area contributed by atoms with Crippen molar-refractivity contribution in [2.75, 3.05) is 58.7 Å². The summed E-state index contributed by atoms with van der Waals surface area (Å²) in [5.41, 5.74) is -0.126. The lowest BCUT2D eigenvalue weighted by Crippen LogP contribution is -2.25. The summed E-state index contributed by atoms with van der Waals surface area (Å²) < 4.78 is 51.4. The van der Waals surface area contributed by atoms with Gasteiger partial charge >= 0.3 is 6.18 Å². The van der Waals surface area contributed by atoms with Gasteiger partial charge in [-0.2, -0.15) is 13.2 Å². The first kappa shape index (κ1) is 26.0. The van der Waals surface area contributed by atoms with E-state index in [1.54, 1.807) is 19.2 Å². The van der Waals surface area contributed by atoms with E-state index in [-0.39, 0.29) is 17.0 Å². The largest absolute Gasteiger partial charge is 0.493 e. The molecule has 0 fully saturated rings. The summed E-state index contributed by atoms with van der Waals surface area (Å²) in [5, 5.41) is 2.64. The number of nitrogens with zero attached hydrogens (tertiary/aromatic N) is 2. The van der Waals surface area contributed by atoms with Crippen molar-refractivity contribution in [3.8, 4) is 11.5 Å². The Morgan fingerprint density at radius 2 is 1.75 bits per heavy atom. The topological polar surface area (TPSA) is 54.0 Å². The van der Waals surface area contributed by atoms with Crippen molar-refractivity contribution in [3.05, 3.63) is 45.0 Å². The van der Waals surface area contributed by atoms with Gasteiger partial charge in [-0.15, -0.1) is 0 Å². The predicted molar refractivity (Wildman–Crippen MR) is 128 cm³/mol. The van der Waals surface area contributed by atoms with Gasteiger partial charge in [-0.3, -0.25) is 4.79 Å². The number of hydrogen-bond acceptors (Lipinski definition) is 5. The first-order valence-electron chi connectivity index (χ1n) is 9.78. The Bertz CT molecular complexity index is 952. The quantitative estimate of drug-likeness (QED) is 0.436. The highest BCUT2D eigenvalue weighted by atomic mass is 127. The van der Waals surface area contributed by atoms with E-state index in [2.05, 4.69) is 5.32 Å². The van der Waals surface area contributed by atoms with Crippen LogP contribution in [0.4, 0.5) is 24.5 Å². The van der Waals surface area contributed by atoms with Gasteiger partial charge in [0.15, 0.2) is 11.5 Å². The molecule has 2 rings (SSSR count). The number of rotatable bonds is 9. The number of anilines is 2. The van der Waals surface area contributed by atoms with E-state index in [0.717, 1.165) is 28.7 Å². The van der Waals surface area contributed by atoms with Crippen LogP contribution in [0.3, 0.4) is 0 Å². The molecule has 176 valence electrons. The highest BCUT2D eigenvalue weighted by Gasteiger charge is 2.32. The zero-order valence-electron chi connectivity index (χ0n) is 18.6. The molecule has 32 heavy (non-hydrogen) atoms. The highest BCUT2D eigenvalue weighted by molar-refractivity contribution is 14.1. The molecule has 1 amide bonds. The van der Waals surface area contributed by atoms with Gasteiger partial charge in [0, 0.05) is 17.2 Å². The van der Waals surface area contributed by atoms with Gasteiger partial charge in [-0.25, -0.2) is 0 Å². The summed E-state index contributed by atoms with van der Waals surface area (Å²) in [6.07, 6.45) is -3.73. The predicted octanol–water partition coefficient (Wildman–Crippen LogP) is 4.97. The number of benzene rings is 2. The number of alkyl halides is 3. The standard InChI is InChI=1S/C22H27F3IN3O3/c1-28(2)9-6-10-29(3)18-8-7-14(22(23,24)25)11-17(18)27-21(30)16-12-15(26)13-19(31-4)20(16)32-5/h7-8,11-13H,6,9-10H2,1-5H3,(H,27,30). The number of carbonyl (C=O) groups excluding carboxylic acids is 1. The number of hydrogen-bond donors (Lipinski definition) is 1. The lowest BCUT2D eigenvalue weighted by atomic mass is 10.1. The summed E-state index contributed by atoms with van der Waals surface area (Å²) in [5.74, 6) is -0.0335. The molecule has 0 heterocycles.